The molecule has 0 radical (unpaired) electrons. The van der Waals surface area contributed by atoms with Crippen molar-refractivity contribution < 1.29 is 19.2 Å². The van der Waals surface area contributed by atoms with Gasteiger partial charge in [-0.25, -0.2) is 0 Å². The van der Waals surface area contributed by atoms with E-state index < -0.39 is 16.9 Å². The van der Waals surface area contributed by atoms with Crippen molar-refractivity contribution in [3.05, 3.63) is 75.8 Å². The summed E-state index contributed by atoms with van der Waals surface area (Å²) in [6.45, 7) is 1.90. The number of nitrogens with one attached hydrogen (secondary N) is 1. The molecule has 1 amide bonds. The molecule has 7 heteroatoms. The van der Waals surface area contributed by atoms with Gasteiger partial charge in [-0.1, -0.05) is 30.3 Å². The summed E-state index contributed by atoms with van der Waals surface area (Å²) < 4.78 is 4.93. The summed E-state index contributed by atoms with van der Waals surface area (Å²) in [5.74, 6) is -0.867. The van der Waals surface area contributed by atoms with Gasteiger partial charge in [0.2, 0.25) is 0 Å². The molecule has 130 valence electrons. The third-order valence-electron chi connectivity index (χ3n) is 3.50. The number of carbonyl (C=O) groups excluding carboxylic acids is 2. The van der Waals surface area contributed by atoms with E-state index in [0.29, 0.717) is 11.1 Å². The Labute approximate surface area is 144 Å². The summed E-state index contributed by atoms with van der Waals surface area (Å²) in [6.07, 6.45) is -0.117. The molecule has 0 aliphatic carbocycles. The maximum atomic E-state index is 12.4. The fourth-order valence-corrected chi connectivity index (χ4v) is 2.33. The van der Waals surface area contributed by atoms with Crippen molar-refractivity contribution in [3.8, 4) is 0 Å². The Balaban J connectivity index is 2.26. The molecule has 0 aliphatic heterocycles. The van der Waals surface area contributed by atoms with Gasteiger partial charge < -0.3 is 10.1 Å². The summed E-state index contributed by atoms with van der Waals surface area (Å²) in [5, 5.41) is 13.7. The molecule has 0 heterocycles. The van der Waals surface area contributed by atoms with Crippen LogP contribution in [-0.4, -0.2) is 23.4 Å². The minimum absolute atomic E-state index is 0.111. The van der Waals surface area contributed by atoms with Crippen LogP contribution in [0.2, 0.25) is 0 Å². The van der Waals surface area contributed by atoms with Gasteiger partial charge in [-0.15, -0.1) is 0 Å². The molecular formula is C18H18N2O5. The average molecular weight is 342 g/mol. The van der Waals surface area contributed by atoms with Crippen LogP contribution >= 0.6 is 0 Å². The molecule has 2 rings (SSSR count). The zero-order valence-corrected chi connectivity index (χ0v) is 13.7. The zero-order chi connectivity index (χ0) is 18.2. The molecule has 0 aliphatic rings. The second kappa shape index (κ2) is 8.58. The van der Waals surface area contributed by atoms with Crippen LogP contribution < -0.4 is 5.32 Å². The highest BCUT2D eigenvalue weighted by atomic mass is 16.6. The summed E-state index contributed by atoms with van der Waals surface area (Å²) in [5.41, 5.74) is 0.786. The summed E-state index contributed by atoms with van der Waals surface area (Å²) in [7, 11) is 0. The number of rotatable bonds is 7. The minimum Gasteiger partial charge on any atom is -0.466 e. The van der Waals surface area contributed by atoms with E-state index in [-0.39, 0.29) is 24.6 Å². The first-order valence-electron chi connectivity index (χ1n) is 7.77. The van der Waals surface area contributed by atoms with Crippen LogP contribution in [-0.2, 0) is 9.53 Å². The third kappa shape index (κ3) is 5.13. The lowest BCUT2D eigenvalue weighted by molar-refractivity contribution is -0.384. The Morgan fingerprint density at radius 2 is 1.88 bits per heavy atom. The quantitative estimate of drug-likeness (QED) is 0.474. The van der Waals surface area contributed by atoms with Crippen molar-refractivity contribution in [3.63, 3.8) is 0 Å². The number of esters is 1. The van der Waals surface area contributed by atoms with Crippen molar-refractivity contribution in [1.82, 2.24) is 5.32 Å². The zero-order valence-electron chi connectivity index (χ0n) is 13.7. The van der Waals surface area contributed by atoms with Crippen molar-refractivity contribution in [1.29, 1.82) is 0 Å². The highest BCUT2D eigenvalue weighted by Gasteiger charge is 2.21. The number of benzene rings is 2. The average Bonchev–Trinajstić information content (AvgIpc) is 2.62. The topological polar surface area (TPSA) is 98.5 Å². The molecule has 0 saturated heterocycles. The van der Waals surface area contributed by atoms with E-state index in [1.807, 2.05) is 0 Å². The fraction of sp³-hybridized carbons (Fsp3) is 0.222. The Morgan fingerprint density at radius 3 is 2.52 bits per heavy atom. The molecule has 0 aromatic heterocycles. The Morgan fingerprint density at radius 1 is 1.16 bits per heavy atom. The van der Waals surface area contributed by atoms with Gasteiger partial charge in [-0.3, -0.25) is 19.7 Å². The number of nitro groups is 1. The van der Waals surface area contributed by atoms with Crippen molar-refractivity contribution >= 4 is 17.6 Å². The van der Waals surface area contributed by atoms with Gasteiger partial charge >= 0.3 is 5.97 Å². The Kier molecular flexibility index (Phi) is 6.22. The molecule has 0 fully saturated rings. The SMILES string of the molecule is CCOC(=O)CC(NC(=O)c1ccccc1)c1cccc([N+](=O)[O-])c1. The van der Waals surface area contributed by atoms with Crippen molar-refractivity contribution in [2.75, 3.05) is 6.61 Å². The normalized spacial score (nSPS) is 11.4. The molecule has 1 atom stereocenters. The van der Waals surface area contributed by atoms with Gasteiger partial charge in [0.15, 0.2) is 0 Å². The third-order valence-corrected chi connectivity index (χ3v) is 3.50. The van der Waals surface area contributed by atoms with Gasteiger partial charge in [0.25, 0.3) is 11.6 Å². The monoisotopic (exact) mass is 342 g/mol. The van der Waals surface area contributed by atoms with Crippen LogP contribution in [0.3, 0.4) is 0 Å². The number of amides is 1. The molecule has 25 heavy (non-hydrogen) atoms. The molecule has 1 unspecified atom stereocenters. The first-order chi connectivity index (χ1) is 12.0. The summed E-state index contributed by atoms with van der Waals surface area (Å²) >= 11 is 0. The number of nitrogens with zero attached hydrogens (tertiary/aromatic N) is 1. The standard InChI is InChI=1S/C18H18N2O5/c1-2-25-17(21)12-16(14-9-6-10-15(11-14)20(23)24)19-18(22)13-7-4-3-5-8-13/h3-11,16H,2,12H2,1H3,(H,19,22). The number of ether oxygens (including phenoxy) is 1. The number of hydrogen-bond acceptors (Lipinski definition) is 5. The maximum Gasteiger partial charge on any atom is 0.308 e. The number of non-ortho nitro benzene ring substituents is 1. The van der Waals surface area contributed by atoms with Crippen LogP contribution in [0.4, 0.5) is 5.69 Å². The first-order valence-corrected chi connectivity index (χ1v) is 7.77. The fourth-order valence-electron chi connectivity index (χ4n) is 2.33. The summed E-state index contributed by atoms with van der Waals surface area (Å²) in [4.78, 5) is 34.7. The van der Waals surface area contributed by atoms with Crippen LogP contribution in [0, 0.1) is 10.1 Å². The number of carbonyl (C=O) groups is 2. The molecule has 1 N–H and O–H groups in total. The van der Waals surface area contributed by atoms with Gasteiger partial charge in [-0.05, 0) is 24.6 Å². The predicted octanol–water partition coefficient (Wildman–Crippen LogP) is 3.02. The van der Waals surface area contributed by atoms with E-state index in [1.54, 1.807) is 43.3 Å². The number of nitro benzene ring substituents is 1. The Hall–Kier alpha value is -3.22. The van der Waals surface area contributed by atoms with E-state index >= 15 is 0 Å². The van der Waals surface area contributed by atoms with Crippen LogP contribution in [0.5, 0.6) is 0 Å². The van der Waals surface area contributed by atoms with Crippen LogP contribution in [0.15, 0.2) is 54.6 Å². The lowest BCUT2D eigenvalue weighted by Crippen LogP contribution is -2.30. The molecule has 0 spiro atoms. The predicted molar refractivity (Wildman–Crippen MR) is 91.0 cm³/mol. The molecule has 2 aromatic carbocycles. The largest absolute Gasteiger partial charge is 0.466 e. The molecule has 0 bridgehead atoms. The van der Waals surface area contributed by atoms with Gasteiger partial charge in [0.05, 0.1) is 24.0 Å². The lowest BCUT2D eigenvalue weighted by atomic mass is 10.0. The molecule has 2 aromatic rings. The van der Waals surface area contributed by atoms with E-state index in [2.05, 4.69) is 5.32 Å². The first kappa shape index (κ1) is 18.1. The second-order valence-electron chi connectivity index (χ2n) is 5.25. The van der Waals surface area contributed by atoms with E-state index in [4.69, 9.17) is 4.74 Å². The van der Waals surface area contributed by atoms with Gasteiger partial charge in [0.1, 0.15) is 0 Å². The van der Waals surface area contributed by atoms with Crippen molar-refractivity contribution in [2.45, 2.75) is 19.4 Å². The van der Waals surface area contributed by atoms with Crippen molar-refractivity contribution in [2.24, 2.45) is 0 Å². The highest BCUT2D eigenvalue weighted by Crippen LogP contribution is 2.23. The molecular weight excluding hydrogens is 324 g/mol. The minimum atomic E-state index is -0.730. The second-order valence-corrected chi connectivity index (χ2v) is 5.25. The maximum absolute atomic E-state index is 12.4. The van der Waals surface area contributed by atoms with E-state index in [1.165, 1.54) is 18.2 Å². The van der Waals surface area contributed by atoms with Crippen LogP contribution in [0.1, 0.15) is 35.3 Å². The van der Waals surface area contributed by atoms with Gasteiger partial charge in [-0.2, -0.15) is 0 Å². The summed E-state index contributed by atoms with van der Waals surface area (Å²) in [6, 6.07) is 13.6. The highest BCUT2D eigenvalue weighted by molar-refractivity contribution is 5.94. The Bertz CT molecular complexity index is 761. The van der Waals surface area contributed by atoms with Crippen LogP contribution in [0.25, 0.3) is 0 Å². The van der Waals surface area contributed by atoms with E-state index in [0.717, 1.165) is 0 Å². The van der Waals surface area contributed by atoms with Gasteiger partial charge in [0, 0.05) is 17.7 Å². The smallest absolute Gasteiger partial charge is 0.308 e. The molecule has 0 saturated carbocycles. The lowest BCUT2D eigenvalue weighted by Gasteiger charge is -2.18. The molecule has 7 nitrogen and oxygen atoms in total. The number of hydrogen-bond donors (Lipinski definition) is 1. The van der Waals surface area contributed by atoms with E-state index in [9.17, 15) is 19.7 Å².